The third-order valence-electron chi connectivity index (χ3n) is 4.76. The minimum atomic E-state index is -0.558. The Kier molecular flexibility index (Phi) is 5.55. The number of likely N-dealkylation sites (tertiary alicyclic amines) is 2. The minimum absolute atomic E-state index is 0.0115. The summed E-state index contributed by atoms with van der Waals surface area (Å²) in [4.78, 5) is 28.7. The summed E-state index contributed by atoms with van der Waals surface area (Å²) in [6.45, 7) is 9.88. The van der Waals surface area contributed by atoms with Crippen molar-refractivity contribution in [3.8, 4) is 0 Å². The lowest BCUT2D eigenvalue weighted by Crippen LogP contribution is -2.57. The van der Waals surface area contributed by atoms with Crippen molar-refractivity contribution in [3.05, 3.63) is 0 Å². The van der Waals surface area contributed by atoms with Crippen molar-refractivity contribution in [1.82, 2.24) is 15.1 Å². The van der Waals surface area contributed by atoms with Crippen LogP contribution in [0.2, 0.25) is 0 Å². The molecule has 6 nitrogen and oxygen atoms in total. The number of amides is 2. The van der Waals surface area contributed by atoms with Crippen molar-refractivity contribution in [2.45, 2.75) is 64.6 Å². The number of hydrogen-bond donors (Lipinski definition) is 1. The maximum atomic E-state index is 12.6. The van der Waals surface area contributed by atoms with Gasteiger partial charge in [0.25, 0.3) is 0 Å². The molecule has 0 spiro atoms. The predicted molar refractivity (Wildman–Crippen MR) is 89.2 cm³/mol. The molecule has 0 aromatic carbocycles. The molecule has 132 valence electrons. The number of fused-ring (bicyclic) bond motifs is 1. The van der Waals surface area contributed by atoms with E-state index in [0.29, 0.717) is 12.0 Å². The zero-order valence-corrected chi connectivity index (χ0v) is 15.1. The molecule has 2 amide bonds. The van der Waals surface area contributed by atoms with E-state index in [1.165, 1.54) is 12.8 Å². The number of rotatable bonds is 2. The van der Waals surface area contributed by atoms with Gasteiger partial charge in [0, 0.05) is 19.1 Å². The number of piperidine rings is 2. The highest BCUT2D eigenvalue weighted by Crippen LogP contribution is 2.29. The van der Waals surface area contributed by atoms with Crippen LogP contribution >= 0.6 is 0 Å². The van der Waals surface area contributed by atoms with Gasteiger partial charge in [0.05, 0.1) is 0 Å². The number of alkyl carbamates (subject to hydrolysis) is 1. The van der Waals surface area contributed by atoms with Crippen LogP contribution in [0.15, 0.2) is 0 Å². The molecular weight excluding hydrogens is 294 g/mol. The second-order valence-electron chi connectivity index (χ2n) is 7.89. The molecule has 2 saturated heterocycles. The fourth-order valence-corrected chi connectivity index (χ4v) is 3.67. The standard InChI is InChI=1S/C17H31N3O3/c1-12(18-16(22)23-17(2,3)4)15(21)20-10-8-14-13(11-20)7-6-9-19(14)5/h12-14H,6-11H2,1-5H3,(H,18,22)/t12-,13-,14+/m1/s1. The van der Waals surface area contributed by atoms with E-state index in [1.54, 1.807) is 6.92 Å². The molecule has 0 aliphatic carbocycles. The zero-order valence-electron chi connectivity index (χ0n) is 15.1. The highest BCUT2D eigenvalue weighted by atomic mass is 16.6. The van der Waals surface area contributed by atoms with Crippen molar-refractivity contribution < 1.29 is 14.3 Å². The Morgan fingerprint density at radius 1 is 1.22 bits per heavy atom. The van der Waals surface area contributed by atoms with Gasteiger partial charge in [0.15, 0.2) is 0 Å². The van der Waals surface area contributed by atoms with E-state index in [1.807, 2.05) is 25.7 Å². The number of nitrogens with one attached hydrogen (secondary N) is 1. The third-order valence-corrected chi connectivity index (χ3v) is 4.76. The zero-order chi connectivity index (χ0) is 17.2. The van der Waals surface area contributed by atoms with Crippen LogP contribution in [-0.2, 0) is 9.53 Å². The van der Waals surface area contributed by atoms with Crippen molar-refractivity contribution >= 4 is 12.0 Å². The Labute approximate surface area is 139 Å². The molecule has 2 rings (SSSR count). The summed E-state index contributed by atoms with van der Waals surface area (Å²) in [5, 5.41) is 2.65. The molecular formula is C17H31N3O3. The summed E-state index contributed by atoms with van der Waals surface area (Å²) in [5.41, 5.74) is -0.558. The average molecular weight is 325 g/mol. The molecule has 0 aromatic rings. The Bertz CT molecular complexity index is 447. The van der Waals surface area contributed by atoms with Gasteiger partial charge < -0.3 is 19.9 Å². The number of ether oxygens (including phenoxy) is 1. The van der Waals surface area contributed by atoms with Gasteiger partial charge in [-0.25, -0.2) is 4.79 Å². The van der Waals surface area contributed by atoms with Crippen LogP contribution in [0.5, 0.6) is 0 Å². The highest BCUT2D eigenvalue weighted by molar-refractivity contribution is 5.85. The van der Waals surface area contributed by atoms with Crippen LogP contribution in [0.1, 0.15) is 47.0 Å². The molecule has 0 saturated carbocycles. The summed E-state index contributed by atoms with van der Waals surface area (Å²) < 4.78 is 5.22. The first kappa shape index (κ1) is 18.0. The summed E-state index contributed by atoms with van der Waals surface area (Å²) >= 11 is 0. The van der Waals surface area contributed by atoms with E-state index in [9.17, 15) is 9.59 Å². The van der Waals surface area contributed by atoms with Gasteiger partial charge in [0.1, 0.15) is 11.6 Å². The lowest BCUT2D eigenvalue weighted by molar-refractivity contribution is -0.136. The highest BCUT2D eigenvalue weighted by Gasteiger charge is 2.37. The second-order valence-corrected chi connectivity index (χ2v) is 7.89. The Morgan fingerprint density at radius 2 is 1.91 bits per heavy atom. The van der Waals surface area contributed by atoms with Gasteiger partial charge >= 0.3 is 6.09 Å². The van der Waals surface area contributed by atoms with E-state index in [-0.39, 0.29) is 5.91 Å². The molecule has 0 bridgehead atoms. The fraction of sp³-hybridized carbons (Fsp3) is 0.882. The fourth-order valence-electron chi connectivity index (χ4n) is 3.67. The Hall–Kier alpha value is -1.30. The topological polar surface area (TPSA) is 61.9 Å². The second kappa shape index (κ2) is 7.07. The first-order chi connectivity index (χ1) is 10.7. The average Bonchev–Trinajstić information content (AvgIpc) is 2.44. The van der Waals surface area contributed by atoms with Gasteiger partial charge in [-0.05, 0) is 66.5 Å². The van der Waals surface area contributed by atoms with Gasteiger partial charge in [0.2, 0.25) is 5.91 Å². The first-order valence-corrected chi connectivity index (χ1v) is 8.66. The van der Waals surface area contributed by atoms with E-state index >= 15 is 0 Å². The number of hydrogen-bond acceptors (Lipinski definition) is 4. The molecule has 2 fully saturated rings. The molecule has 6 heteroatoms. The van der Waals surface area contributed by atoms with Gasteiger partial charge in [-0.1, -0.05) is 0 Å². The number of carbonyl (C=O) groups is 2. The SMILES string of the molecule is C[C@@H](NC(=O)OC(C)(C)C)C(=O)N1CC[C@H]2[C@H](CCCN2C)C1. The lowest BCUT2D eigenvalue weighted by Gasteiger charge is -2.46. The monoisotopic (exact) mass is 325 g/mol. The largest absolute Gasteiger partial charge is 0.444 e. The molecule has 2 heterocycles. The van der Waals surface area contributed by atoms with E-state index < -0.39 is 17.7 Å². The third kappa shape index (κ3) is 4.83. The van der Waals surface area contributed by atoms with Crippen LogP contribution in [0.3, 0.4) is 0 Å². The molecule has 0 aromatic heterocycles. The van der Waals surface area contributed by atoms with Crippen LogP contribution < -0.4 is 5.32 Å². The van der Waals surface area contributed by atoms with Crippen molar-refractivity contribution in [2.24, 2.45) is 5.92 Å². The van der Waals surface area contributed by atoms with Gasteiger partial charge in [-0.3, -0.25) is 4.79 Å². The van der Waals surface area contributed by atoms with Crippen molar-refractivity contribution in [1.29, 1.82) is 0 Å². The van der Waals surface area contributed by atoms with Crippen molar-refractivity contribution in [3.63, 3.8) is 0 Å². The normalized spacial score (nSPS) is 27.1. The van der Waals surface area contributed by atoms with E-state index in [2.05, 4.69) is 17.3 Å². The predicted octanol–water partition coefficient (Wildman–Crippen LogP) is 1.84. The molecule has 0 radical (unpaired) electrons. The maximum absolute atomic E-state index is 12.6. The number of nitrogens with zero attached hydrogens (tertiary/aromatic N) is 2. The smallest absolute Gasteiger partial charge is 0.408 e. The van der Waals surface area contributed by atoms with Gasteiger partial charge in [-0.15, -0.1) is 0 Å². The molecule has 2 aliphatic heterocycles. The summed E-state index contributed by atoms with van der Waals surface area (Å²) in [6.07, 6.45) is 2.87. The summed E-state index contributed by atoms with van der Waals surface area (Å²) in [6, 6.07) is 0.0460. The molecule has 1 N–H and O–H groups in total. The van der Waals surface area contributed by atoms with E-state index in [0.717, 1.165) is 26.1 Å². The van der Waals surface area contributed by atoms with E-state index in [4.69, 9.17) is 4.74 Å². The van der Waals surface area contributed by atoms with Crippen LogP contribution in [-0.4, -0.2) is 66.2 Å². The Morgan fingerprint density at radius 3 is 2.57 bits per heavy atom. The number of carbonyl (C=O) groups excluding carboxylic acids is 2. The maximum Gasteiger partial charge on any atom is 0.408 e. The quantitative estimate of drug-likeness (QED) is 0.841. The summed E-state index contributed by atoms with van der Waals surface area (Å²) in [5.74, 6) is 0.544. The summed E-state index contributed by atoms with van der Waals surface area (Å²) in [7, 11) is 2.18. The van der Waals surface area contributed by atoms with Crippen LogP contribution in [0.25, 0.3) is 0 Å². The van der Waals surface area contributed by atoms with Crippen LogP contribution in [0.4, 0.5) is 4.79 Å². The van der Waals surface area contributed by atoms with Crippen LogP contribution in [0, 0.1) is 5.92 Å². The van der Waals surface area contributed by atoms with Crippen molar-refractivity contribution in [2.75, 3.05) is 26.7 Å². The molecule has 3 atom stereocenters. The molecule has 0 unspecified atom stereocenters. The first-order valence-electron chi connectivity index (χ1n) is 8.66. The minimum Gasteiger partial charge on any atom is -0.444 e. The van der Waals surface area contributed by atoms with Gasteiger partial charge in [-0.2, -0.15) is 0 Å². The molecule has 23 heavy (non-hydrogen) atoms. The lowest BCUT2D eigenvalue weighted by atomic mass is 9.84. The molecule has 2 aliphatic rings. The Balaban J connectivity index is 1.87.